The van der Waals surface area contributed by atoms with E-state index in [2.05, 4.69) is 45.1 Å². The largest absolute Gasteiger partial charge is 0.342 e. The molecule has 0 radical (unpaired) electrons. The second kappa shape index (κ2) is 4.77. The van der Waals surface area contributed by atoms with Gasteiger partial charge in [-0.05, 0) is 33.3 Å². The van der Waals surface area contributed by atoms with Gasteiger partial charge in [0.1, 0.15) is 10.5 Å². The highest BCUT2D eigenvalue weighted by molar-refractivity contribution is 9.10. The summed E-state index contributed by atoms with van der Waals surface area (Å²) >= 11 is 10.4. The first-order valence-electron chi connectivity index (χ1n) is 4.92. The lowest BCUT2D eigenvalue weighted by atomic mass is 10.1. The van der Waals surface area contributed by atoms with Gasteiger partial charge in [0.15, 0.2) is 0 Å². The number of aromatic nitrogens is 2. The normalized spacial score (nSPS) is 11.0. The molecule has 5 heteroatoms. The van der Waals surface area contributed by atoms with Crippen LogP contribution in [0, 0.1) is 4.64 Å². The predicted octanol–water partition coefficient (Wildman–Crippen LogP) is 4.75. The summed E-state index contributed by atoms with van der Waals surface area (Å²) in [5, 5.41) is 4.09. The molecular weight excluding hydrogens is 304 g/mol. The van der Waals surface area contributed by atoms with Crippen LogP contribution in [0.3, 0.4) is 0 Å². The Hall–Kier alpha value is -0.520. The summed E-state index contributed by atoms with van der Waals surface area (Å²) in [6, 6.07) is 2.04. The minimum absolute atomic E-state index is 0.386. The molecule has 0 amide bonds. The van der Waals surface area contributed by atoms with E-state index in [1.54, 1.807) is 11.3 Å². The highest BCUT2D eigenvalue weighted by Gasteiger charge is 2.10. The zero-order valence-corrected chi connectivity index (χ0v) is 12.2. The van der Waals surface area contributed by atoms with Crippen LogP contribution >= 0.6 is 39.5 Å². The Morgan fingerprint density at radius 2 is 2.25 bits per heavy atom. The summed E-state index contributed by atoms with van der Waals surface area (Å²) in [4.78, 5) is 7.71. The van der Waals surface area contributed by atoms with Gasteiger partial charge in [0.25, 0.3) is 0 Å². The number of rotatable bonds is 2. The Morgan fingerprint density at radius 1 is 1.50 bits per heavy atom. The molecule has 1 N–H and O–H groups in total. The van der Waals surface area contributed by atoms with Crippen molar-refractivity contribution in [2.24, 2.45) is 0 Å². The van der Waals surface area contributed by atoms with Gasteiger partial charge in [-0.1, -0.05) is 26.1 Å². The molecule has 2 heterocycles. The van der Waals surface area contributed by atoms with Gasteiger partial charge in [0.2, 0.25) is 0 Å². The molecule has 0 saturated carbocycles. The van der Waals surface area contributed by atoms with E-state index in [0.717, 1.165) is 21.6 Å². The lowest BCUT2D eigenvalue weighted by Crippen LogP contribution is -1.99. The quantitative estimate of drug-likeness (QED) is 0.810. The van der Waals surface area contributed by atoms with E-state index in [0.29, 0.717) is 10.6 Å². The van der Waals surface area contributed by atoms with E-state index >= 15 is 0 Å². The molecule has 16 heavy (non-hydrogen) atoms. The molecule has 0 aliphatic rings. The molecule has 2 aromatic rings. The van der Waals surface area contributed by atoms with Crippen LogP contribution in [0.2, 0.25) is 0 Å². The van der Waals surface area contributed by atoms with Crippen LogP contribution in [0.25, 0.3) is 11.4 Å². The highest BCUT2D eigenvalue weighted by Crippen LogP contribution is 2.27. The molecule has 0 aromatic carbocycles. The first-order chi connectivity index (χ1) is 7.59. The van der Waals surface area contributed by atoms with Gasteiger partial charge in [0.05, 0.1) is 4.47 Å². The Morgan fingerprint density at radius 3 is 2.81 bits per heavy atom. The Bertz CT molecular complexity index is 544. The lowest BCUT2D eigenvalue weighted by molar-refractivity contribution is 0.807. The first kappa shape index (κ1) is 12.0. The molecule has 2 rings (SSSR count). The van der Waals surface area contributed by atoms with Crippen molar-refractivity contribution < 1.29 is 0 Å². The Labute approximate surface area is 112 Å². The summed E-state index contributed by atoms with van der Waals surface area (Å²) in [6.07, 6.45) is 0. The molecule has 2 nitrogen and oxygen atoms in total. The molecule has 0 saturated heterocycles. The number of hydrogen-bond donors (Lipinski definition) is 1. The third-order valence-electron chi connectivity index (χ3n) is 2.26. The zero-order chi connectivity index (χ0) is 11.7. The molecule has 0 spiro atoms. The van der Waals surface area contributed by atoms with Crippen LogP contribution in [0.15, 0.2) is 21.3 Å². The van der Waals surface area contributed by atoms with Crippen molar-refractivity contribution >= 4 is 39.5 Å². The van der Waals surface area contributed by atoms with E-state index in [-0.39, 0.29) is 0 Å². The molecule has 0 fully saturated rings. The summed E-state index contributed by atoms with van der Waals surface area (Å²) in [6.45, 7) is 4.26. The number of H-pyrrole nitrogens is 1. The van der Waals surface area contributed by atoms with Crippen molar-refractivity contribution in [3.8, 4) is 11.4 Å². The average molecular weight is 315 g/mol. The SMILES string of the molecule is CC(C)c1[nH]c(-c2ccsc2)nc(=S)c1Br. The van der Waals surface area contributed by atoms with E-state index in [9.17, 15) is 0 Å². The maximum Gasteiger partial charge on any atom is 0.144 e. The van der Waals surface area contributed by atoms with Crippen LogP contribution in [0.4, 0.5) is 0 Å². The van der Waals surface area contributed by atoms with Crippen molar-refractivity contribution in [1.82, 2.24) is 9.97 Å². The second-order valence-corrected chi connectivity index (χ2v) is 5.74. The van der Waals surface area contributed by atoms with Crippen molar-refractivity contribution in [3.63, 3.8) is 0 Å². The summed E-state index contributed by atoms with van der Waals surface area (Å²) < 4.78 is 1.51. The molecule has 0 atom stereocenters. The number of halogens is 1. The maximum absolute atomic E-state index is 5.25. The molecular formula is C11H11BrN2S2. The maximum atomic E-state index is 5.25. The van der Waals surface area contributed by atoms with E-state index in [1.807, 2.05) is 11.4 Å². The standard InChI is InChI=1S/C11H11BrN2S2/c1-6(2)9-8(12)11(15)14-10(13-9)7-3-4-16-5-7/h3-6H,1-2H3,(H,13,14,15). The third kappa shape index (κ3) is 2.26. The summed E-state index contributed by atoms with van der Waals surface area (Å²) in [5.74, 6) is 1.23. The van der Waals surface area contributed by atoms with Gasteiger partial charge in [-0.25, -0.2) is 4.98 Å². The minimum Gasteiger partial charge on any atom is -0.342 e. The third-order valence-corrected chi connectivity index (χ3v) is 4.31. The monoisotopic (exact) mass is 314 g/mol. The number of thiophene rings is 1. The van der Waals surface area contributed by atoms with Crippen LogP contribution in [-0.2, 0) is 0 Å². The van der Waals surface area contributed by atoms with Crippen LogP contribution in [0.5, 0.6) is 0 Å². The molecule has 0 aliphatic carbocycles. The van der Waals surface area contributed by atoms with Gasteiger partial charge in [-0.2, -0.15) is 11.3 Å². The van der Waals surface area contributed by atoms with Crippen molar-refractivity contribution in [2.45, 2.75) is 19.8 Å². The summed E-state index contributed by atoms with van der Waals surface area (Å²) in [5.41, 5.74) is 2.19. The van der Waals surface area contributed by atoms with Crippen LogP contribution in [0.1, 0.15) is 25.5 Å². The van der Waals surface area contributed by atoms with Crippen LogP contribution in [-0.4, -0.2) is 9.97 Å². The predicted molar refractivity (Wildman–Crippen MR) is 74.5 cm³/mol. The highest BCUT2D eigenvalue weighted by atomic mass is 79.9. The van der Waals surface area contributed by atoms with E-state index < -0.39 is 0 Å². The molecule has 0 bridgehead atoms. The van der Waals surface area contributed by atoms with E-state index in [4.69, 9.17) is 12.2 Å². The first-order valence-corrected chi connectivity index (χ1v) is 7.06. The minimum atomic E-state index is 0.386. The summed E-state index contributed by atoms with van der Waals surface area (Å²) in [7, 11) is 0. The van der Waals surface area contributed by atoms with Gasteiger partial charge in [-0.15, -0.1) is 0 Å². The van der Waals surface area contributed by atoms with Crippen molar-refractivity contribution in [2.75, 3.05) is 0 Å². The topological polar surface area (TPSA) is 28.7 Å². The van der Waals surface area contributed by atoms with E-state index in [1.165, 1.54) is 0 Å². The Balaban J connectivity index is 2.62. The second-order valence-electron chi connectivity index (χ2n) is 3.78. The van der Waals surface area contributed by atoms with Gasteiger partial charge < -0.3 is 4.98 Å². The van der Waals surface area contributed by atoms with Crippen LogP contribution < -0.4 is 0 Å². The number of hydrogen-bond acceptors (Lipinski definition) is 3. The number of nitrogens with one attached hydrogen (secondary N) is 1. The smallest absolute Gasteiger partial charge is 0.144 e. The lowest BCUT2D eigenvalue weighted by Gasteiger charge is -2.10. The zero-order valence-electron chi connectivity index (χ0n) is 8.95. The fourth-order valence-corrected chi connectivity index (χ4v) is 2.90. The molecule has 0 unspecified atom stereocenters. The van der Waals surface area contributed by atoms with Gasteiger partial charge in [-0.3, -0.25) is 0 Å². The number of nitrogens with zero attached hydrogens (tertiary/aromatic N) is 1. The fourth-order valence-electron chi connectivity index (χ4n) is 1.41. The molecule has 0 aliphatic heterocycles. The van der Waals surface area contributed by atoms with Crippen molar-refractivity contribution in [3.05, 3.63) is 31.6 Å². The Kier molecular flexibility index (Phi) is 3.56. The fraction of sp³-hybridized carbons (Fsp3) is 0.273. The molecule has 84 valence electrons. The van der Waals surface area contributed by atoms with Gasteiger partial charge >= 0.3 is 0 Å². The van der Waals surface area contributed by atoms with Gasteiger partial charge in [0, 0.05) is 16.6 Å². The number of aromatic amines is 1. The van der Waals surface area contributed by atoms with Crippen molar-refractivity contribution in [1.29, 1.82) is 0 Å². The average Bonchev–Trinajstić information content (AvgIpc) is 2.74. The molecule has 2 aromatic heterocycles.